The van der Waals surface area contributed by atoms with Gasteiger partial charge in [-0.1, -0.05) is 35.9 Å². The van der Waals surface area contributed by atoms with Gasteiger partial charge in [0.2, 0.25) is 0 Å². The zero-order valence-corrected chi connectivity index (χ0v) is 15.7. The molecule has 0 spiro atoms. The van der Waals surface area contributed by atoms with E-state index in [9.17, 15) is 4.79 Å². The van der Waals surface area contributed by atoms with Gasteiger partial charge in [0.1, 0.15) is 0 Å². The van der Waals surface area contributed by atoms with E-state index in [4.69, 9.17) is 11.6 Å². The highest BCUT2D eigenvalue weighted by atomic mass is 79.9. The van der Waals surface area contributed by atoms with Gasteiger partial charge in [-0.15, -0.1) is 0 Å². The molecule has 5 heteroatoms. The molecule has 0 saturated carbocycles. The third kappa shape index (κ3) is 4.59. The molecule has 1 N–H and O–H groups in total. The molecule has 0 radical (unpaired) electrons. The Balaban J connectivity index is 1.49. The highest BCUT2D eigenvalue weighted by molar-refractivity contribution is 9.10. The molecule has 3 rings (SSSR count). The van der Waals surface area contributed by atoms with Crippen molar-refractivity contribution in [3.63, 3.8) is 0 Å². The minimum absolute atomic E-state index is 0.00127. The molecule has 1 aliphatic heterocycles. The largest absolute Gasteiger partial charge is 0.349 e. The maximum absolute atomic E-state index is 12.4. The van der Waals surface area contributed by atoms with Crippen LogP contribution in [0.3, 0.4) is 0 Å². The Morgan fingerprint density at radius 1 is 1.12 bits per heavy atom. The van der Waals surface area contributed by atoms with Crippen LogP contribution in [0.1, 0.15) is 28.8 Å². The van der Waals surface area contributed by atoms with Crippen molar-refractivity contribution in [3.05, 3.63) is 69.2 Å². The molecule has 1 fully saturated rings. The molecule has 1 heterocycles. The van der Waals surface area contributed by atoms with Gasteiger partial charge in [0.25, 0.3) is 5.91 Å². The van der Waals surface area contributed by atoms with Gasteiger partial charge < -0.3 is 5.32 Å². The van der Waals surface area contributed by atoms with E-state index >= 15 is 0 Å². The number of hydrogen-bond acceptors (Lipinski definition) is 2. The lowest BCUT2D eigenvalue weighted by Gasteiger charge is -2.32. The van der Waals surface area contributed by atoms with Gasteiger partial charge in [0.15, 0.2) is 0 Å². The van der Waals surface area contributed by atoms with Crippen molar-refractivity contribution in [1.29, 1.82) is 0 Å². The Morgan fingerprint density at radius 3 is 2.46 bits per heavy atom. The van der Waals surface area contributed by atoms with E-state index in [1.165, 1.54) is 5.56 Å². The number of amides is 1. The van der Waals surface area contributed by atoms with Crippen molar-refractivity contribution in [2.24, 2.45) is 0 Å². The number of benzene rings is 2. The number of carbonyl (C=O) groups is 1. The van der Waals surface area contributed by atoms with E-state index in [0.29, 0.717) is 5.56 Å². The minimum atomic E-state index is -0.00127. The second kappa shape index (κ2) is 8.15. The van der Waals surface area contributed by atoms with Crippen molar-refractivity contribution < 1.29 is 4.79 Å². The summed E-state index contributed by atoms with van der Waals surface area (Å²) >= 11 is 9.36. The van der Waals surface area contributed by atoms with Gasteiger partial charge in [0, 0.05) is 35.2 Å². The monoisotopic (exact) mass is 406 g/mol. The molecule has 0 unspecified atom stereocenters. The van der Waals surface area contributed by atoms with Gasteiger partial charge >= 0.3 is 0 Å². The highest BCUT2D eigenvalue weighted by Crippen LogP contribution is 2.18. The standard InChI is InChI=1S/C19H20BrClN2O/c20-18-4-2-1-3-17(18)19(24)22-16-9-11-23(12-10-16)13-14-5-7-15(21)8-6-14/h1-8,16H,9-13H2,(H,22,24). The maximum atomic E-state index is 12.4. The number of piperidine rings is 1. The van der Waals surface area contributed by atoms with Gasteiger partial charge in [0.05, 0.1) is 5.56 Å². The number of nitrogens with zero attached hydrogens (tertiary/aromatic N) is 1. The SMILES string of the molecule is O=C(NC1CCN(Cc2ccc(Cl)cc2)CC1)c1ccccc1Br. The summed E-state index contributed by atoms with van der Waals surface area (Å²) in [7, 11) is 0. The highest BCUT2D eigenvalue weighted by Gasteiger charge is 2.21. The number of rotatable bonds is 4. The molecule has 1 amide bonds. The second-order valence-electron chi connectivity index (χ2n) is 6.13. The van der Waals surface area contributed by atoms with Crippen molar-refractivity contribution in [1.82, 2.24) is 10.2 Å². The topological polar surface area (TPSA) is 32.3 Å². The summed E-state index contributed by atoms with van der Waals surface area (Å²) in [5.41, 5.74) is 1.97. The second-order valence-corrected chi connectivity index (χ2v) is 7.42. The summed E-state index contributed by atoms with van der Waals surface area (Å²) in [4.78, 5) is 14.8. The Morgan fingerprint density at radius 2 is 1.79 bits per heavy atom. The van der Waals surface area contributed by atoms with E-state index in [1.54, 1.807) is 0 Å². The van der Waals surface area contributed by atoms with Crippen LogP contribution in [0.15, 0.2) is 53.0 Å². The zero-order chi connectivity index (χ0) is 16.9. The Bertz CT molecular complexity index is 697. The molecule has 2 aromatic rings. The fraction of sp³-hybridized carbons (Fsp3) is 0.316. The van der Waals surface area contributed by atoms with Crippen LogP contribution in [0.2, 0.25) is 5.02 Å². The minimum Gasteiger partial charge on any atom is -0.349 e. The van der Waals surface area contributed by atoms with Crippen molar-refractivity contribution in [3.8, 4) is 0 Å². The van der Waals surface area contributed by atoms with Crippen LogP contribution in [0.5, 0.6) is 0 Å². The lowest BCUT2D eigenvalue weighted by atomic mass is 10.0. The average Bonchev–Trinajstić information content (AvgIpc) is 2.59. The molecule has 1 aliphatic rings. The van der Waals surface area contributed by atoms with Gasteiger partial charge in [-0.25, -0.2) is 0 Å². The van der Waals surface area contributed by atoms with E-state index < -0.39 is 0 Å². The van der Waals surface area contributed by atoms with Crippen molar-refractivity contribution in [2.75, 3.05) is 13.1 Å². The van der Waals surface area contributed by atoms with Crippen LogP contribution in [0.25, 0.3) is 0 Å². The summed E-state index contributed by atoms with van der Waals surface area (Å²) < 4.78 is 0.836. The molecular weight excluding hydrogens is 388 g/mol. The number of carbonyl (C=O) groups excluding carboxylic acids is 1. The number of nitrogens with one attached hydrogen (secondary N) is 1. The molecule has 24 heavy (non-hydrogen) atoms. The van der Waals surface area contributed by atoms with E-state index in [1.807, 2.05) is 36.4 Å². The normalized spacial score (nSPS) is 16.1. The van der Waals surface area contributed by atoms with E-state index in [2.05, 4.69) is 38.3 Å². The van der Waals surface area contributed by atoms with Crippen molar-refractivity contribution >= 4 is 33.4 Å². The fourth-order valence-corrected chi connectivity index (χ4v) is 3.58. The Kier molecular flexibility index (Phi) is 5.93. The van der Waals surface area contributed by atoms with Crippen molar-refractivity contribution in [2.45, 2.75) is 25.4 Å². The van der Waals surface area contributed by atoms with Crippen LogP contribution < -0.4 is 5.32 Å². The molecule has 0 bridgehead atoms. The van der Waals surface area contributed by atoms with E-state index in [0.717, 1.165) is 42.0 Å². The van der Waals surface area contributed by atoms with Crippen LogP contribution in [0, 0.1) is 0 Å². The molecular formula is C19H20BrClN2O. The predicted molar refractivity (Wildman–Crippen MR) is 101 cm³/mol. The molecule has 0 atom stereocenters. The Hall–Kier alpha value is -1.36. The van der Waals surface area contributed by atoms with Gasteiger partial charge in [-0.3, -0.25) is 9.69 Å². The van der Waals surface area contributed by atoms with Crippen LogP contribution >= 0.6 is 27.5 Å². The predicted octanol–water partition coefficient (Wildman–Crippen LogP) is 4.50. The molecule has 3 nitrogen and oxygen atoms in total. The first-order chi connectivity index (χ1) is 11.6. The van der Waals surface area contributed by atoms with Crippen LogP contribution in [-0.4, -0.2) is 29.9 Å². The number of likely N-dealkylation sites (tertiary alicyclic amines) is 1. The van der Waals surface area contributed by atoms with Gasteiger partial charge in [-0.05, 0) is 58.6 Å². The summed E-state index contributed by atoms with van der Waals surface area (Å²) in [5, 5.41) is 3.93. The molecule has 126 valence electrons. The Labute approximate surface area is 156 Å². The quantitative estimate of drug-likeness (QED) is 0.809. The lowest BCUT2D eigenvalue weighted by Crippen LogP contribution is -2.44. The molecule has 0 aromatic heterocycles. The summed E-state index contributed by atoms with van der Waals surface area (Å²) in [5.74, 6) is -0.00127. The molecule has 0 aliphatic carbocycles. The van der Waals surface area contributed by atoms with Gasteiger partial charge in [-0.2, -0.15) is 0 Å². The maximum Gasteiger partial charge on any atom is 0.252 e. The third-order valence-corrected chi connectivity index (χ3v) is 5.30. The number of halogens is 2. The first-order valence-corrected chi connectivity index (χ1v) is 9.31. The third-order valence-electron chi connectivity index (χ3n) is 4.36. The van der Waals surface area contributed by atoms with Crippen LogP contribution in [0.4, 0.5) is 0 Å². The van der Waals surface area contributed by atoms with E-state index in [-0.39, 0.29) is 11.9 Å². The molecule has 1 saturated heterocycles. The average molecular weight is 408 g/mol. The summed E-state index contributed by atoms with van der Waals surface area (Å²) in [6.07, 6.45) is 1.95. The first-order valence-electron chi connectivity index (χ1n) is 8.14. The first kappa shape index (κ1) is 17.5. The molecule has 2 aromatic carbocycles. The fourth-order valence-electron chi connectivity index (χ4n) is 2.99. The lowest BCUT2D eigenvalue weighted by molar-refractivity contribution is 0.0908. The smallest absolute Gasteiger partial charge is 0.252 e. The zero-order valence-electron chi connectivity index (χ0n) is 13.3. The van der Waals surface area contributed by atoms with Crippen LogP contribution in [-0.2, 0) is 6.54 Å². The number of hydrogen-bond donors (Lipinski definition) is 1. The summed E-state index contributed by atoms with van der Waals surface area (Å²) in [6, 6.07) is 15.8. The summed E-state index contributed by atoms with van der Waals surface area (Å²) in [6.45, 7) is 2.91.